The zero-order valence-electron chi connectivity index (χ0n) is 19.8. The summed E-state index contributed by atoms with van der Waals surface area (Å²) in [6, 6.07) is 8.77. The van der Waals surface area contributed by atoms with Gasteiger partial charge in [0.25, 0.3) is 15.9 Å². The van der Waals surface area contributed by atoms with Crippen LogP contribution in [0.1, 0.15) is 66.9 Å². The molecule has 2 N–H and O–H groups in total. The number of pyridine rings is 1. The van der Waals surface area contributed by atoms with Gasteiger partial charge in [0, 0.05) is 18.7 Å². The number of amides is 2. The van der Waals surface area contributed by atoms with E-state index in [1.54, 1.807) is 26.0 Å². The maximum atomic E-state index is 12.7. The number of benzene rings is 1. The van der Waals surface area contributed by atoms with Crippen LogP contribution in [0.3, 0.4) is 0 Å². The van der Waals surface area contributed by atoms with Gasteiger partial charge in [-0.1, -0.05) is 39.8 Å². The third-order valence-electron chi connectivity index (χ3n) is 5.09. The highest BCUT2D eigenvalue weighted by atomic mass is 32.2. The summed E-state index contributed by atoms with van der Waals surface area (Å²) < 4.78 is 32.7. The van der Waals surface area contributed by atoms with Crippen molar-refractivity contribution in [2.45, 2.75) is 58.0 Å². The highest BCUT2D eigenvalue weighted by Gasteiger charge is 2.20. The summed E-state index contributed by atoms with van der Waals surface area (Å²) in [6.45, 7) is 7.75. The largest absolute Gasteiger partial charge is 0.458 e. The van der Waals surface area contributed by atoms with Crippen molar-refractivity contribution < 1.29 is 27.5 Å². The lowest BCUT2D eigenvalue weighted by molar-refractivity contribution is -0.123. The summed E-state index contributed by atoms with van der Waals surface area (Å²) in [5.74, 6) is -1.70. The molecule has 0 aliphatic heterocycles. The second kappa shape index (κ2) is 12.3. The highest BCUT2D eigenvalue weighted by molar-refractivity contribution is 7.90. The number of nitrogens with one attached hydrogen (secondary N) is 2. The first-order valence-electron chi connectivity index (χ1n) is 11.2. The van der Waals surface area contributed by atoms with Gasteiger partial charge in [0.2, 0.25) is 5.91 Å². The van der Waals surface area contributed by atoms with E-state index in [0.717, 1.165) is 6.20 Å². The Kier molecular flexibility index (Phi) is 9.73. The van der Waals surface area contributed by atoms with Crippen LogP contribution >= 0.6 is 0 Å². The molecule has 0 aliphatic rings. The van der Waals surface area contributed by atoms with E-state index in [1.165, 1.54) is 24.3 Å². The predicted octanol–water partition coefficient (Wildman–Crippen LogP) is 2.86. The Morgan fingerprint density at radius 2 is 1.76 bits per heavy atom. The van der Waals surface area contributed by atoms with Crippen LogP contribution < -0.4 is 10.0 Å². The van der Waals surface area contributed by atoms with E-state index in [2.05, 4.69) is 10.3 Å². The summed E-state index contributed by atoms with van der Waals surface area (Å²) in [5, 5.41) is 2.77. The van der Waals surface area contributed by atoms with Crippen LogP contribution in [-0.4, -0.2) is 43.8 Å². The fraction of sp³-hybridized carbons (Fsp3) is 0.417. The Labute approximate surface area is 200 Å². The fourth-order valence-corrected chi connectivity index (χ4v) is 4.00. The van der Waals surface area contributed by atoms with Gasteiger partial charge in [-0.15, -0.1) is 0 Å². The van der Waals surface area contributed by atoms with E-state index in [-0.39, 0.29) is 34.1 Å². The zero-order valence-corrected chi connectivity index (χ0v) is 20.6. The van der Waals surface area contributed by atoms with Crippen LogP contribution in [0, 0.1) is 5.92 Å². The molecule has 2 amide bonds. The summed E-state index contributed by atoms with van der Waals surface area (Å²) in [4.78, 5) is 40.1. The Morgan fingerprint density at radius 3 is 2.35 bits per heavy atom. The predicted molar refractivity (Wildman–Crippen MR) is 127 cm³/mol. The molecule has 0 bridgehead atoms. The smallest absolute Gasteiger partial charge is 0.357 e. The Hall–Kier alpha value is -3.27. The first kappa shape index (κ1) is 27.0. The molecule has 1 heterocycles. The Balaban J connectivity index is 2.04. The van der Waals surface area contributed by atoms with Crippen LogP contribution in [0.25, 0.3) is 0 Å². The molecule has 0 fully saturated rings. The van der Waals surface area contributed by atoms with Crippen LogP contribution in [-0.2, 0) is 26.0 Å². The molecule has 0 saturated heterocycles. The average molecular weight is 490 g/mol. The van der Waals surface area contributed by atoms with Crippen LogP contribution in [0.2, 0.25) is 0 Å². The van der Waals surface area contributed by atoms with Gasteiger partial charge in [-0.2, -0.15) is 0 Å². The van der Waals surface area contributed by atoms with Crippen LogP contribution in [0.5, 0.6) is 0 Å². The normalized spacial score (nSPS) is 11.4. The van der Waals surface area contributed by atoms with Crippen LogP contribution in [0.15, 0.2) is 47.5 Å². The fourth-order valence-electron chi connectivity index (χ4n) is 2.96. The van der Waals surface area contributed by atoms with E-state index in [0.29, 0.717) is 31.4 Å². The van der Waals surface area contributed by atoms with Gasteiger partial charge in [0.15, 0.2) is 0 Å². The SMILES string of the molecule is CCC(CC)OC(=O)c1ccc(C(=O)NS(=O)(=O)c2cccc(CCNC(=O)C(C)C)c2)cn1. The topological polar surface area (TPSA) is 132 Å². The minimum atomic E-state index is -4.14. The van der Waals surface area contributed by atoms with E-state index in [4.69, 9.17) is 4.74 Å². The maximum absolute atomic E-state index is 12.7. The molecule has 9 nitrogen and oxygen atoms in total. The van der Waals surface area contributed by atoms with Crippen molar-refractivity contribution in [2.75, 3.05) is 6.54 Å². The number of rotatable bonds is 11. The molecular weight excluding hydrogens is 458 g/mol. The van der Waals surface area contributed by atoms with Crippen molar-refractivity contribution in [3.8, 4) is 0 Å². The number of nitrogens with zero attached hydrogens (tertiary/aromatic N) is 1. The zero-order chi connectivity index (χ0) is 25.3. The number of aromatic nitrogens is 1. The molecule has 0 spiro atoms. The number of sulfonamides is 1. The van der Waals surface area contributed by atoms with Crippen molar-refractivity contribution in [1.29, 1.82) is 0 Å². The number of ether oxygens (including phenoxy) is 1. The lowest BCUT2D eigenvalue weighted by atomic mass is 10.1. The second-order valence-corrected chi connectivity index (χ2v) is 9.74. The van der Waals surface area contributed by atoms with Gasteiger partial charge in [0.1, 0.15) is 11.8 Å². The molecule has 1 aromatic heterocycles. The maximum Gasteiger partial charge on any atom is 0.357 e. The molecule has 0 saturated carbocycles. The molecule has 0 atom stereocenters. The van der Waals surface area contributed by atoms with Gasteiger partial charge >= 0.3 is 5.97 Å². The Morgan fingerprint density at radius 1 is 1.06 bits per heavy atom. The van der Waals surface area contributed by atoms with E-state index < -0.39 is 21.9 Å². The third-order valence-corrected chi connectivity index (χ3v) is 6.42. The number of esters is 1. The van der Waals surface area contributed by atoms with Crippen molar-refractivity contribution >= 4 is 27.8 Å². The van der Waals surface area contributed by atoms with Crippen molar-refractivity contribution in [3.63, 3.8) is 0 Å². The lowest BCUT2D eigenvalue weighted by Crippen LogP contribution is -2.31. The number of hydrogen-bond acceptors (Lipinski definition) is 7. The summed E-state index contributed by atoms with van der Waals surface area (Å²) >= 11 is 0. The van der Waals surface area contributed by atoms with Gasteiger partial charge in [-0.25, -0.2) is 22.9 Å². The van der Waals surface area contributed by atoms with Crippen molar-refractivity contribution in [1.82, 2.24) is 15.0 Å². The van der Waals surface area contributed by atoms with E-state index in [9.17, 15) is 22.8 Å². The number of hydrogen-bond donors (Lipinski definition) is 2. The lowest BCUT2D eigenvalue weighted by Gasteiger charge is -2.13. The molecule has 0 unspecified atom stereocenters. The number of carbonyl (C=O) groups is 3. The monoisotopic (exact) mass is 489 g/mol. The van der Waals surface area contributed by atoms with Crippen LogP contribution in [0.4, 0.5) is 0 Å². The molecule has 2 rings (SSSR count). The van der Waals surface area contributed by atoms with E-state index >= 15 is 0 Å². The van der Waals surface area contributed by atoms with Gasteiger partial charge in [-0.05, 0) is 49.1 Å². The van der Waals surface area contributed by atoms with Gasteiger partial charge in [0.05, 0.1) is 10.5 Å². The summed E-state index contributed by atoms with van der Waals surface area (Å²) in [7, 11) is -4.14. The quantitative estimate of drug-likeness (QED) is 0.464. The average Bonchev–Trinajstić information content (AvgIpc) is 2.82. The third kappa shape index (κ3) is 7.65. The molecule has 1 aromatic carbocycles. The summed E-state index contributed by atoms with van der Waals surface area (Å²) in [5.41, 5.74) is 0.708. The molecule has 34 heavy (non-hydrogen) atoms. The molecule has 184 valence electrons. The molecule has 10 heteroatoms. The van der Waals surface area contributed by atoms with Gasteiger partial charge < -0.3 is 10.1 Å². The van der Waals surface area contributed by atoms with Crippen molar-refractivity contribution in [2.24, 2.45) is 5.92 Å². The van der Waals surface area contributed by atoms with Gasteiger partial charge in [-0.3, -0.25) is 9.59 Å². The van der Waals surface area contributed by atoms with E-state index in [1.807, 2.05) is 18.6 Å². The standard InChI is InChI=1S/C24H31N3O6S/c1-5-19(6-2)33-24(30)21-11-10-18(15-26-21)23(29)27-34(31,32)20-9-7-8-17(14-20)12-13-25-22(28)16(3)4/h7-11,14-16,19H,5-6,12-13H2,1-4H3,(H,25,28)(H,27,29). The highest BCUT2D eigenvalue weighted by Crippen LogP contribution is 2.13. The first-order chi connectivity index (χ1) is 16.1. The minimum absolute atomic E-state index is 0.0183. The first-order valence-corrected chi connectivity index (χ1v) is 12.7. The second-order valence-electron chi connectivity index (χ2n) is 8.05. The number of carbonyl (C=O) groups excluding carboxylic acids is 3. The molecule has 2 aromatic rings. The molecule has 0 radical (unpaired) electrons. The molecular formula is C24H31N3O6S. The minimum Gasteiger partial charge on any atom is -0.458 e. The van der Waals surface area contributed by atoms with Crippen molar-refractivity contribution in [3.05, 3.63) is 59.4 Å². The molecule has 0 aliphatic carbocycles. The Bertz CT molecular complexity index is 1110. The summed E-state index contributed by atoms with van der Waals surface area (Å²) in [6.07, 6.45) is 2.70.